The summed E-state index contributed by atoms with van der Waals surface area (Å²) in [6, 6.07) is 5.93. The topological polar surface area (TPSA) is 47.6 Å². The number of hydrogen-bond acceptors (Lipinski definition) is 3. The van der Waals surface area contributed by atoms with E-state index in [1.807, 2.05) is 0 Å². The van der Waals surface area contributed by atoms with Crippen LogP contribution < -0.4 is 5.32 Å². The highest BCUT2D eigenvalue weighted by Crippen LogP contribution is 2.03. The third-order valence-electron chi connectivity index (χ3n) is 2.50. The van der Waals surface area contributed by atoms with Crippen molar-refractivity contribution in [2.75, 3.05) is 33.5 Å². The number of hydrogen-bond donors (Lipinski definition) is 1. The molecular weight excluding hydrogens is 249 g/mol. The lowest BCUT2D eigenvalue weighted by Crippen LogP contribution is -2.26. The second-order valence-electron chi connectivity index (χ2n) is 4.11. The molecule has 0 aliphatic carbocycles. The Balaban J connectivity index is 2.06. The number of amides is 1. The highest BCUT2D eigenvalue weighted by molar-refractivity contribution is 5.78. The highest BCUT2D eigenvalue weighted by Gasteiger charge is 2.02. The molecule has 0 bridgehead atoms. The molecule has 0 saturated carbocycles. The molecule has 1 aromatic carbocycles. The number of ether oxygens (including phenoxy) is 2. The molecule has 0 saturated heterocycles. The SMILES string of the molecule is COCCOCCCNC(=O)Cc1ccc(F)cc1. The second-order valence-corrected chi connectivity index (χ2v) is 4.11. The fraction of sp³-hybridized carbons (Fsp3) is 0.500. The van der Waals surface area contributed by atoms with E-state index in [0.717, 1.165) is 12.0 Å². The lowest BCUT2D eigenvalue weighted by atomic mass is 10.1. The predicted molar refractivity (Wildman–Crippen MR) is 70.4 cm³/mol. The van der Waals surface area contributed by atoms with Gasteiger partial charge in [0.1, 0.15) is 5.82 Å². The van der Waals surface area contributed by atoms with E-state index in [4.69, 9.17) is 9.47 Å². The van der Waals surface area contributed by atoms with Gasteiger partial charge >= 0.3 is 0 Å². The van der Waals surface area contributed by atoms with Crippen molar-refractivity contribution in [3.05, 3.63) is 35.6 Å². The number of methoxy groups -OCH3 is 1. The van der Waals surface area contributed by atoms with E-state index < -0.39 is 0 Å². The van der Waals surface area contributed by atoms with Crippen molar-refractivity contribution in [2.45, 2.75) is 12.8 Å². The fourth-order valence-electron chi connectivity index (χ4n) is 1.50. The summed E-state index contributed by atoms with van der Waals surface area (Å²) >= 11 is 0. The molecule has 0 spiro atoms. The molecule has 0 unspecified atom stereocenters. The number of carbonyl (C=O) groups is 1. The molecule has 1 N–H and O–H groups in total. The third kappa shape index (κ3) is 7.54. The number of nitrogens with one attached hydrogen (secondary N) is 1. The van der Waals surface area contributed by atoms with Crippen LogP contribution in [0.2, 0.25) is 0 Å². The van der Waals surface area contributed by atoms with Crippen molar-refractivity contribution in [1.82, 2.24) is 5.32 Å². The fourth-order valence-corrected chi connectivity index (χ4v) is 1.50. The first-order valence-corrected chi connectivity index (χ1v) is 6.30. The molecule has 0 radical (unpaired) electrons. The molecule has 1 aromatic rings. The van der Waals surface area contributed by atoms with Gasteiger partial charge in [-0.05, 0) is 24.1 Å². The molecular formula is C14H20FNO3. The lowest BCUT2D eigenvalue weighted by Gasteiger charge is -2.06. The van der Waals surface area contributed by atoms with Gasteiger partial charge in [-0.1, -0.05) is 12.1 Å². The molecule has 1 amide bonds. The maximum absolute atomic E-state index is 12.7. The van der Waals surface area contributed by atoms with Gasteiger partial charge in [0.05, 0.1) is 19.6 Å². The Morgan fingerprint density at radius 3 is 2.63 bits per heavy atom. The van der Waals surface area contributed by atoms with E-state index in [9.17, 15) is 9.18 Å². The Labute approximate surface area is 112 Å². The first kappa shape index (κ1) is 15.6. The number of carbonyl (C=O) groups excluding carboxylic acids is 1. The minimum Gasteiger partial charge on any atom is -0.382 e. The first-order chi connectivity index (χ1) is 9.22. The Morgan fingerprint density at radius 1 is 1.21 bits per heavy atom. The van der Waals surface area contributed by atoms with Crippen molar-refractivity contribution in [3.8, 4) is 0 Å². The van der Waals surface area contributed by atoms with Crippen LogP contribution in [0.3, 0.4) is 0 Å². The molecule has 5 heteroatoms. The van der Waals surface area contributed by atoms with Gasteiger partial charge in [-0.3, -0.25) is 4.79 Å². The first-order valence-electron chi connectivity index (χ1n) is 6.30. The molecule has 0 aliphatic rings. The number of benzene rings is 1. The molecule has 4 nitrogen and oxygen atoms in total. The standard InChI is InChI=1S/C14H20FNO3/c1-18-9-10-19-8-2-7-16-14(17)11-12-3-5-13(15)6-4-12/h3-6H,2,7-11H2,1H3,(H,16,17). The van der Waals surface area contributed by atoms with E-state index in [1.165, 1.54) is 12.1 Å². The van der Waals surface area contributed by atoms with Crippen LogP contribution >= 0.6 is 0 Å². The molecule has 0 atom stereocenters. The molecule has 0 fully saturated rings. The monoisotopic (exact) mass is 269 g/mol. The van der Waals surface area contributed by atoms with Crippen LogP contribution in [0.15, 0.2) is 24.3 Å². The third-order valence-corrected chi connectivity index (χ3v) is 2.50. The van der Waals surface area contributed by atoms with Crippen LogP contribution in [0.5, 0.6) is 0 Å². The molecule has 106 valence electrons. The zero-order valence-electron chi connectivity index (χ0n) is 11.2. The average Bonchev–Trinajstić information content (AvgIpc) is 2.40. The van der Waals surface area contributed by atoms with Gasteiger partial charge in [0, 0.05) is 20.3 Å². The Morgan fingerprint density at radius 2 is 1.95 bits per heavy atom. The van der Waals surface area contributed by atoms with Gasteiger partial charge in [0.25, 0.3) is 0 Å². The lowest BCUT2D eigenvalue weighted by molar-refractivity contribution is -0.120. The summed E-state index contributed by atoms with van der Waals surface area (Å²) in [5.41, 5.74) is 0.801. The molecule has 0 aliphatic heterocycles. The molecule has 0 aromatic heterocycles. The maximum atomic E-state index is 12.7. The molecule has 19 heavy (non-hydrogen) atoms. The zero-order chi connectivity index (χ0) is 13.9. The van der Waals surface area contributed by atoms with E-state index >= 15 is 0 Å². The Bertz CT molecular complexity index is 367. The van der Waals surface area contributed by atoms with Crippen LogP contribution in [0.1, 0.15) is 12.0 Å². The second kappa shape index (κ2) is 9.47. The van der Waals surface area contributed by atoms with E-state index in [0.29, 0.717) is 26.4 Å². The van der Waals surface area contributed by atoms with Crippen molar-refractivity contribution < 1.29 is 18.7 Å². The zero-order valence-corrected chi connectivity index (χ0v) is 11.2. The Hall–Kier alpha value is -1.46. The van der Waals surface area contributed by atoms with Crippen LogP contribution in [0.4, 0.5) is 4.39 Å². The highest BCUT2D eigenvalue weighted by atomic mass is 19.1. The minimum atomic E-state index is -0.294. The summed E-state index contributed by atoms with van der Waals surface area (Å²) in [7, 11) is 1.62. The van der Waals surface area contributed by atoms with Gasteiger partial charge < -0.3 is 14.8 Å². The van der Waals surface area contributed by atoms with E-state index in [-0.39, 0.29) is 18.1 Å². The van der Waals surface area contributed by atoms with Crippen LogP contribution in [0, 0.1) is 5.82 Å². The summed E-state index contributed by atoms with van der Waals surface area (Å²) in [6.07, 6.45) is 1.03. The average molecular weight is 269 g/mol. The predicted octanol–water partition coefficient (Wildman–Crippen LogP) is 1.54. The van der Waals surface area contributed by atoms with Crippen LogP contribution in [-0.2, 0) is 20.7 Å². The van der Waals surface area contributed by atoms with Crippen LogP contribution in [-0.4, -0.2) is 39.4 Å². The van der Waals surface area contributed by atoms with Crippen molar-refractivity contribution in [2.24, 2.45) is 0 Å². The van der Waals surface area contributed by atoms with Gasteiger partial charge in [0.2, 0.25) is 5.91 Å². The summed E-state index contributed by atoms with van der Waals surface area (Å²) in [5.74, 6) is -0.360. The molecule has 0 heterocycles. The maximum Gasteiger partial charge on any atom is 0.224 e. The normalized spacial score (nSPS) is 10.4. The minimum absolute atomic E-state index is 0.0662. The molecule has 1 rings (SSSR count). The summed E-state index contributed by atoms with van der Waals surface area (Å²) in [6.45, 7) is 2.32. The summed E-state index contributed by atoms with van der Waals surface area (Å²) in [5, 5.41) is 2.79. The van der Waals surface area contributed by atoms with Gasteiger partial charge in [-0.15, -0.1) is 0 Å². The summed E-state index contributed by atoms with van der Waals surface area (Å²) in [4.78, 5) is 11.6. The van der Waals surface area contributed by atoms with Crippen molar-refractivity contribution in [3.63, 3.8) is 0 Å². The van der Waals surface area contributed by atoms with Gasteiger partial charge in [-0.25, -0.2) is 4.39 Å². The van der Waals surface area contributed by atoms with Crippen molar-refractivity contribution >= 4 is 5.91 Å². The van der Waals surface area contributed by atoms with E-state index in [2.05, 4.69) is 5.32 Å². The van der Waals surface area contributed by atoms with Crippen LogP contribution in [0.25, 0.3) is 0 Å². The van der Waals surface area contributed by atoms with Crippen molar-refractivity contribution in [1.29, 1.82) is 0 Å². The number of rotatable bonds is 9. The van der Waals surface area contributed by atoms with Gasteiger partial charge in [-0.2, -0.15) is 0 Å². The van der Waals surface area contributed by atoms with Gasteiger partial charge in [0.15, 0.2) is 0 Å². The Kier molecular flexibility index (Phi) is 7.77. The smallest absolute Gasteiger partial charge is 0.224 e. The van der Waals surface area contributed by atoms with E-state index in [1.54, 1.807) is 19.2 Å². The largest absolute Gasteiger partial charge is 0.382 e. The quantitative estimate of drug-likeness (QED) is 0.692. The summed E-state index contributed by atoms with van der Waals surface area (Å²) < 4.78 is 22.8. The number of halogens is 1.